The molecule has 0 spiro atoms. The summed E-state index contributed by atoms with van der Waals surface area (Å²) < 4.78 is 27.3. The van der Waals surface area contributed by atoms with Crippen molar-refractivity contribution in [2.24, 2.45) is 0 Å². The number of nitrogens with one attached hydrogen (secondary N) is 2. The maximum atomic E-state index is 12.2. The number of rotatable bonds is 6. The first-order valence-electron chi connectivity index (χ1n) is 7.32. The van der Waals surface area contributed by atoms with E-state index in [9.17, 15) is 8.42 Å². The molecule has 4 nitrogen and oxygen atoms in total. The Labute approximate surface area is 111 Å². The Kier molecular flexibility index (Phi) is 5.04. The molecular weight excluding hydrogens is 248 g/mol. The van der Waals surface area contributed by atoms with Crippen LogP contribution in [-0.2, 0) is 10.0 Å². The Hall–Kier alpha value is -0.130. The zero-order valence-corrected chi connectivity index (χ0v) is 12.1. The van der Waals surface area contributed by atoms with Crippen LogP contribution in [-0.4, -0.2) is 32.3 Å². The third-order valence-corrected chi connectivity index (χ3v) is 5.88. The fourth-order valence-electron chi connectivity index (χ4n) is 2.48. The molecule has 2 N–H and O–H groups in total. The van der Waals surface area contributed by atoms with Crippen LogP contribution in [0.2, 0.25) is 0 Å². The van der Waals surface area contributed by atoms with Crippen molar-refractivity contribution in [3.05, 3.63) is 0 Å². The second-order valence-electron chi connectivity index (χ2n) is 5.84. The highest BCUT2D eigenvalue weighted by Crippen LogP contribution is 2.20. The topological polar surface area (TPSA) is 58.2 Å². The minimum atomic E-state index is -3.16. The molecule has 0 aliphatic heterocycles. The predicted molar refractivity (Wildman–Crippen MR) is 74.0 cm³/mol. The summed E-state index contributed by atoms with van der Waals surface area (Å²) in [4.78, 5) is 0. The molecule has 0 aromatic carbocycles. The van der Waals surface area contributed by atoms with Gasteiger partial charge in [-0.3, -0.25) is 0 Å². The molecule has 2 fully saturated rings. The van der Waals surface area contributed by atoms with E-state index in [1.165, 1.54) is 25.7 Å². The van der Waals surface area contributed by atoms with Gasteiger partial charge in [0.15, 0.2) is 0 Å². The van der Waals surface area contributed by atoms with E-state index in [0.29, 0.717) is 12.6 Å². The summed E-state index contributed by atoms with van der Waals surface area (Å²) in [6, 6.07) is 0.737. The van der Waals surface area contributed by atoms with Crippen molar-refractivity contribution in [1.82, 2.24) is 10.0 Å². The van der Waals surface area contributed by atoms with Gasteiger partial charge in [0.25, 0.3) is 0 Å². The van der Waals surface area contributed by atoms with Gasteiger partial charge in [-0.2, -0.15) is 0 Å². The fourth-order valence-corrected chi connectivity index (χ4v) is 3.72. The van der Waals surface area contributed by atoms with Crippen LogP contribution in [0, 0.1) is 0 Å². The smallest absolute Gasteiger partial charge is 0.215 e. The van der Waals surface area contributed by atoms with Crippen LogP contribution in [0.25, 0.3) is 0 Å². The van der Waals surface area contributed by atoms with Crippen molar-refractivity contribution in [3.63, 3.8) is 0 Å². The molecule has 0 heterocycles. The first-order valence-corrected chi connectivity index (χ1v) is 8.87. The average Bonchev–Trinajstić information content (AvgIpc) is 3.12. The normalized spacial score (nSPS) is 24.7. The Morgan fingerprint density at radius 1 is 1.00 bits per heavy atom. The van der Waals surface area contributed by atoms with E-state index in [1.807, 2.05) is 0 Å². The van der Waals surface area contributed by atoms with Gasteiger partial charge in [-0.25, -0.2) is 13.1 Å². The Balaban J connectivity index is 1.80. The van der Waals surface area contributed by atoms with E-state index >= 15 is 0 Å². The molecule has 0 aromatic heterocycles. The van der Waals surface area contributed by atoms with Gasteiger partial charge >= 0.3 is 0 Å². The standard InChI is InChI=1S/C13H26N2O2S/c1-11(10-14-12-8-9-12)18(16,17)15-13-6-4-2-3-5-7-13/h11-15H,2-10H2,1H3. The maximum absolute atomic E-state index is 12.2. The van der Waals surface area contributed by atoms with Crippen molar-refractivity contribution in [2.45, 2.75) is 75.6 Å². The lowest BCUT2D eigenvalue weighted by Crippen LogP contribution is -2.43. The van der Waals surface area contributed by atoms with E-state index in [4.69, 9.17) is 0 Å². The van der Waals surface area contributed by atoms with E-state index in [2.05, 4.69) is 10.0 Å². The Morgan fingerprint density at radius 3 is 2.17 bits per heavy atom. The molecule has 1 unspecified atom stereocenters. The molecule has 106 valence electrons. The van der Waals surface area contributed by atoms with Crippen molar-refractivity contribution in [2.75, 3.05) is 6.54 Å². The van der Waals surface area contributed by atoms with Crippen molar-refractivity contribution < 1.29 is 8.42 Å². The molecule has 2 saturated carbocycles. The maximum Gasteiger partial charge on any atom is 0.215 e. The average molecular weight is 274 g/mol. The summed E-state index contributed by atoms with van der Waals surface area (Å²) in [7, 11) is -3.16. The summed E-state index contributed by atoms with van der Waals surface area (Å²) in [5.74, 6) is 0. The van der Waals surface area contributed by atoms with Crippen LogP contribution in [0.4, 0.5) is 0 Å². The first kappa shape index (κ1) is 14.3. The zero-order chi connectivity index (χ0) is 13.0. The monoisotopic (exact) mass is 274 g/mol. The minimum Gasteiger partial charge on any atom is -0.313 e. The molecule has 2 rings (SSSR count). The Bertz CT molecular complexity index is 344. The molecular formula is C13H26N2O2S. The van der Waals surface area contributed by atoms with Crippen LogP contribution < -0.4 is 10.0 Å². The second kappa shape index (κ2) is 6.35. The summed E-state index contributed by atoms with van der Waals surface area (Å²) >= 11 is 0. The van der Waals surface area contributed by atoms with Crippen LogP contribution >= 0.6 is 0 Å². The zero-order valence-electron chi connectivity index (χ0n) is 11.3. The van der Waals surface area contributed by atoms with Crippen LogP contribution in [0.5, 0.6) is 0 Å². The van der Waals surface area contributed by atoms with Gasteiger partial charge in [-0.1, -0.05) is 25.7 Å². The highest BCUT2D eigenvalue weighted by Gasteiger charge is 2.27. The van der Waals surface area contributed by atoms with Crippen LogP contribution in [0.1, 0.15) is 58.3 Å². The molecule has 2 aliphatic carbocycles. The molecule has 0 saturated heterocycles. The Morgan fingerprint density at radius 2 is 1.61 bits per heavy atom. The molecule has 0 radical (unpaired) electrons. The molecule has 18 heavy (non-hydrogen) atoms. The molecule has 0 bridgehead atoms. The van der Waals surface area contributed by atoms with Crippen molar-refractivity contribution in [1.29, 1.82) is 0 Å². The van der Waals surface area contributed by atoms with Crippen LogP contribution in [0.3, 0.4) is 0 Å². The van der Waals surface area contributed by atoms with Gasteiger partial charge in [0, 0.05) is 18.6 Å². The summed E-state index contributed by atoms with van der Waals surface area (Å²) in [6.45, 7) is 2.38. The highest BCUT2D eigenvalue weighted by molar-refractivity contribution is 7.90. The lowest BCUT2D eigenvalue weighted by atomic mass is 10.1. The van der Waals surface area contributed by atoms with Crippen molar-refractivity contribution in [3.8, 4) is 0 Å². The minimum absolute atomic E-state index is 0.167. The van der Waals surface area contributed by atoms with E-state index in [0.717, 1.165) is 25.7 Å². The predicted octanol–water partition coefficient (Wildman–Crippen LogP) is 1.77. The van der Waals surface area contributed by atoms with E-state index in [-0.39, 0.29) is 11.3 Å². The number of sulfonamides is 1. The molecule has 0 amide bonds. The summed E-state index contributed by atoms with van der Waals surface area (Å²) in [5, 5.41) is 2.96. The first-order chi connectivity index (χ1) is 8.58. The molecule has 1 atom stereocenters. The summed E-state index contributed by atoms with van der Waals surface area (Å²) in [6.07, 6.45) is 9.20. The summed E-state index contributed by atoms with van der Waals surface area (Å²) in [5.41, 5.74) is 0. The largest absolute Gasteiger partial charge is 0.313 e. The molecule has 5 heteroatoms. The lowest BCUT2D eigenvalue weighted by Gasteiger charge is -2.20. The third kappa shape index (κ3) is 4.52. The van der Waals surface area contributed by atoms with Crippen molar-refractivity contribution >= 4 is 10.0 Å². The number of hydrogen-bond acceptors (Lipinski definition) is 3. The van der Waals surface area contributed by atoms with Gasteiger partial charge in [-0.15, -0.1) is 0 Å². The van der Waals surface area contributed by atoms with Gasteiger partial charge in [-0.05, 0) is 32.6 Å². The molecule has 0 aromatic rings. The van der Waals surface area contributed by atoms with Crippen LogP contribution in [0.15, 0.2) is 0 Å². The SMILES string of the molecule is CC(CNC1CC1)S(=O)(=O)NC1CCCCCC1. The third-order valence-electron chi connectivity index (χ3n) is 3.99. The quantitative estimate of drug-likeness (QED) is 0.726. The lowest BCUT2D eigenvalue weighted by molar-refractivity contribution is 0.499. The molecule has 2 aliphatic rings. The van der Waals surface area contributed by atoms with E-state index < -0.39 is 10.0 Å². The highest BCUT2D eigenvalue weighted by atomic mass is 32.2. The van der Waals surface area contributed by atoms with Gasteiger partial charge in [0.2, 0.25) is 10.0 Å². The van der Waals surface area contributed by atoms with Gasteiger partial charge in [0.1, 0.15) is 0 Å². The fraction of sp³-hybridized carbons (Fsp3) is 1.00. The number of hydrogen-bond donors (Lipinski definition) is 2. The second-order valence-corrected chi connectivity index (χ2v) is 7.97. The van der Waals surface area contributed by atoms with E-state index in [1.54, 1.807) is 6.92 Å². The van der Waals surface area contributed by atoms with Gasteiger partial charge < -0.3 is 5.32 Å². The van der Waals surface area contributed by atoms with Gasteiger partial charge in [0.05, 0.1) is 5.25 Å².